The van der Waals surface area contributed by atoms with Crippen LogP contribution in [0.5, 0.6) is 5.75 Å². The molecule has 6 heteroatoms. The fourth-order valence-electron chi connectivity index (χ4n) is 4.14. The predicted octanol–water partition coefficient (Wildman–Crippen LogP) is 7.11. The van der Waals surface area contributed by atoms with Crippen LogP contribution in [0.15, 0.2) is 23.1 Å². The van der Waals surface area contributed by atoms with E-state index in [2.05, 4.69) is 6.92 Å². The van der Waals surface area contributed by atoms with Gasteiger partial charge in [0, 0.05) is 0 Å². The Hall–Kier alpha value is -1.11. The summed E-state index contributed by atoms with van der Waals surface area (Å²) in [5.41, 5.74) is 0.763. The number of benzene rings is 1. The highest BCUT2D eigenvalue weighted by atomic mass is 32.2. The number of rotatable bonds is 21. The highest BCUT2D eigenvalue weighted by Gasteiger charge is 2.19. The molecule has 1 rings (SSSR count). The molecule has 1 aromatic rings. The Balaban J connectivity index is 2.11. The zero-order valence-corrected chi connectivity index (χ0v) is 21.0. The van der Waals surface area contributed by atoms with E-state index in [0.29, 0.717) is 6.42 Å². The van der Waals surface area contributed by atoms with Crippen molar-refractivity contribution in [3.8, 4) is 5.75 Å². The van der Waals surface area contributed by atoms with Crippen molar-refractivity contribution < 1.29 is 22.8 Å². The number of aliphatic hydroxyl groups is 1. The molecular weight excluding hydrogens is 424 g/mol. The molecule has 186 valence electrons. The zero-order chi connectivity index (χ0) is 23.5. The van der Waals surface area contributed by atoms with Crippen LogP contribution < -0.4 is 4.74 Å². The number of aryl methyl sites for hydroxylation is 1. The minimum absolute atomic E-state index is 0.00150. The molecule has 0 radical (unpaired) electrons. The van der Waals surface area contributed by atoms with E-state index in [0.717, 1.165) is 18.4 Å². The van der Waals surface area contributed by atoms with Gasteiger partial charge in [-0.1, -0.05) is 115 Å². The molecule has 0 spiro atoms. The Bertz CT molecular complexity index is 687. The van der Waals surface area contributed by atoms with Gasteiger partial charge in [0.2, 0.25) is 0 Å². The molecule has 2 N–H and O–H groups in total. The maximum atomic E-state index is 11.6. The van der Waals surface area contributed by atoms with Crippen molar-refractivity contribution >= 4 is 10.1 Å². The van der Waals surface area contributed by atoms with Crippen LogP contribution in [0, 0.1) is 0 Å². The number of unbranched alkanes of at least 4 members (excludes halogenated alkanes) is 15. The summed E-state index contributed by atoms with van der Waals surface area (Å²) >= 11 is 0. The summed E-state index contributed by atoms with van der Waals surface area (Å²) in [5.74, 6) is 0.171. The van der Waals surface area contributed by atoms with Gasteiger partial charge in [-0.2, -0.15) is 8.42 Å². The molecule has 0 amide bonds. The second-order valence-corrected chi connectivity index (χ2v) is 10.2. The van der Waals surface area contributed by atoms with Gasteiger partial charge in [-0.05, 0) is 24.5 Å². The molecule has 0 atom stereocenters. The number of aliphatic hydroxyl groups excluding tert-OH is 1. The minimum atomic E-state index is -4.35. The number of hydrogen-bond acceptors (Lipinski definition) is 4. The molecule has 0 aromatic heterocycles. The van der Waals surface area contributed by atoms with Gasteiger partial charge < -0.3 is 9.84 Å². The molecule has 0 heterocycles. The van der Waals surface area contributed by atoms with Gasteiger partial charge in [-0.15, -0.1) is 0 Å². The van der Waals surface area contributed by atoms with Crippen molar-refractivity contribution in [1.29, 1.82) is 0 Å². The summed E-state index contributed by atoms with van der Waals surface area (Å²) in [6.07, 6.45) is 21.6. The van der Waals surface area contributed by atoms with E-state index < -0.39 is 10.1 Å². The monoisotopic (exact) mass is 470 g/mol. The predicted molar refractivity (Wildman–Crippen MR) is 132 cm³/mol. The van der Waals surface area contributed by atoms with Gasteiger partial charge in [0.05, 0.1) is 6.61 Å². The maximum absolute atomic E-state index is 11.6. The van der Waals surface area contributed by atoms with Gasteiger partial charge >= 0.3 is 0 Å². The second kappa shape index (κ2) is 18.3. The highest BCUT2D eigenvalue weighted by Crippen LogP contribution is 2.29. The third kappa shape index (κ3) is 13.4. The normalized spacial score (nSPS) is 11.7. The Kier molecular flexibility index (Phi) is 16.6. The third-order valence-corrected chi connectivity index (χ3v) is 6.85. The smallest absolute Gasteiger partial charge is 0.298 e. The van der Waals surface area contributed by atoms with Crippen LogP contribution in [-0.4, -0.2) is 31.3 Å². The maximum Gasteiger partial charge on any atom is 0.298 e. The van der Waals surface area contributed by atoms with E-state index in [1.165, 1.54) is 96.0 Å². The quantitative estimate of drug-likeness (QED) is 0.148. The number of ether oxygens (including phenoxy) is 1. The summed E-state index contributed by atoms with van der Waals surface area (Å²) < 4.78 is 38.1. The van der Waals surface area contributed by atoms with Gasteiger partial charge in [-0.25, -0.2) is 0 Å². The van der Waals surface area contributed by atoms with Crippen molar-refractivity contribution in [3.63, 3.8) is 0 Å². The van der Waals surface area contributed by atoms with Crippen molar-refractivity contribution in [2.24, 2.45) is 0 Å². The van der Waals surface area contributed by atoms with Crippen molar-refractivity contribution in [2.75, 3.05) is 13.2 Å². The minimum Gasteiger partial charge on any atom is -0.489 e. The standard InChI is InChI=1S/C26H46O5S/c1-2-3-4-5-6-7-8-9-10-11-12-13-14-15-16-17-19-24-20-18-21-25(32(28,29)30)26(24)31-23-22-27/h18,20-21,27H,2-17,19,22-23H2,1H3,(H,28,29,30). The summed E-state index contributed by atoms with van der Waals surface area (Å²) in [6, 6.07) is 4.78. The SMILES string of the molecule is CCCCCCCCCCCCCCCCCCc1cccc(S(=O)(=O)O)c1OCCO. The molecule has 32 heavy (non-hydrogen) atoms. The van der Waals surface area contributed by atoms with E-state index in [1.54, 1.807) is 6.07 Å². The number of hydrogen-bond donors (Lipinski definition) is 2. The summed E-state index contributed by atoms with van der Waals surface area (Å²) in [4.78, 5) is -0.222. The van der Waals surface area contributed by atoms with Crippen LogP contribution in [-0.2, 0) is 16.5 Å². The topological polar surface area (TPSA) is 83.8 Å². The lowest BCUT2D eigenvalue weighted by Gasteiger charge is -2.14. The zero-order valence-electron chi connectivity index (χ0n) is 20.2. The van der Waals surface area contributed by atoms with E-state index in [9.17, 15) is 13.0 Å². The Labute approximate surface area is 196 Å². The molecule has 0 fully saturated rings. The average Bonchev–Trinajstić information content (AvgIpc) is 2.77. The fraction of sp³-hybridized carbons (Fsp3) is 0.769. The molecule has 0 bridgehead atoms. The summed E-state index contributed by atoms with van der Waals surface area (Å²) in [6.45, 7) is 2.05. The average molecular weight is 471 g/mol. The van der Waals surface area contributed by atoms with E-state index >= 15 is 0 Å². The molecule has 1 aromatic carbocycles. The van der Waals surface area contributed by atoms with Crippen molar-refractivity contribution in [2.45, 2.75) is 121 Å². The molecule has 0 saturated heterocycles. The van der Waals surface area contributed by atoms with Crippen molar-refractivity contribution in [1.82, 2.24) is 0 Å². The first-order valence-corrected chi connectivity index (χ1v) is 14.3. The van der Waals surface area contributed by atoms with Crippen LogP contribution in [0.3, 0.4) is 0 Å². The first kappa shape index (κ1) is 28.9. The molecule has 0 unspecified atom stereocenters. The second-order valence-electron chi connectivity index (χ2n) is 8.84. The lowest BCUT2D eigenvalue weighted by atomic mass is 10.0. The molecule has 0 saturated carbocycles. The van der Waals surface area contributed by atoms with Gasteiger partial charge in [0.15, 0.2) is 0 Å². The first-order valence-electron chi connectivity index (χ1n) is 12.8. The molecule has 5 nitrogen and oxygen atoms in total. The van der Waals surface area contributed by atoms with Crippen LogP contribution in [0.4, 0.5) is 0 Å². The Morgan fingerprint density at radius 3 is 1.66 bits per heavy atom. The summed E-state index contributed by atoms with van der Waals surface area (Å²) in [5, 5.41) is 9.00. The van der Waals surface area contributed by atoms with E-state index in [4.69, 9.17) is 9.84 Å². The lowest BCUT2D eigenvalue weighted by Crippen LogP contribution is -2.09. The number of para-hydroxylation sites is 1. The first-order chi connectivity index (χ1) is 15.5. The largest absolute Gasteiger partial charge is 0.489 e. The fourth-order valence-corrected chi connectivity index (χ4v) is 4.81. The molecular formula is C26H46O5S. The van der Waals surface area contributed by atoms with Crippen LogP contribution in [0.25, 0.3) is 0 Å². The highest BCUT2D eigenvalue weighted by molar-refractivity contribution is 7.86. The van der Waals surface area contributed by atoms with Crippen LogP contribution >= 0.6 is 0 Å². The van der Waals surface area contributed by atoms with E-state index in [1.807, 2.05) is 6.07 Å². The Morgan fingerprint density at radius 2 is 1.22 bits per heavy atom. The lowest BCUT2D eigenvalue weighted by molar-refractivity contribution is 0.197. The van der Waals surface area contributed by atoms with Gasteiger partial charge in [0.1, 0.15) is 17.3 Å². The van der Waals surface area contributed by atoms with Crippen molar-refractivity contribution in [3.05, 3.63) is 23.8 Å². The van der Waals surface area contributed by atoms with Gasteiger partial charge in [-0.3, -0.25) is 4.55 Å². The third-order valence-electron chi connectivity index (χ3n) is 5.98. The molecule has 0 aliphatic heterocycles. The van der Waals surface area contributed by atoms with Gasteiger partial charge in [0.25, 0.3) is 10.1 Å². The summed E-state index contributed by atoms with van der Waals surface area (Å²) in [7, 11) is -4.35. The van der Waals surface area contributed by atoms with Crippen LogP contribution in [0.1, 0.15) is 115 Å². The van der Waals surface area contributed by atoms with E-state index in [-0.39, 0.29) is 23.9 Å². The Morgan fingerprint density at radius 1 is 0.750 bits per heavy atom. The molecule has 0 aliphatic carbocycles. The van der Waals surface area contributed by atoms with Crippen LogP contribution in [0.2, 0.25) is 0 Å². The molecule has 0 aliphatic rings.